The third kappa shape index (κ3) is 3.42. The van der Waals surface area contributed by atoms with E-state index in [1.807, 2.05) is 0 Å². The first kappa shape index (κ1) is 11.9. The number of carbonyl (C=O) groups excluding carboxylic acids is 1. The van der Waals surface area contributed by atoms with Crippen LogP contribution in [0.15, 0.2) is 0 Å². The Bertz CT molecular complexity index is 228. The van der Waals surface area contributed by atoms with Crippen LogP contribution in [0.4, 0.5) is 0 Å². The lowest BCUT2D eigenvalue weighted by Crippen LogP contribution is -2.58. The average Bonchev–Trinajstić information content (AvgIpc) is 1.83. The number of hydrogen-bond acceptors (Lipinski definition) is 3. The molecule has 0 rings (SSSR count). The Balaban J connectivity index is 4.47. The summed E-state index contributed by atoms with van der Waals surface area (Å²) in [5.41, 5.74) is 3.13. The molecule has 5 nitrogen and oxygen atoms in total. The third-order valence-electron chi connectivity index (χ3n) is 1.55. The quantitative estimate of drug-likeness (QED) is 0.567. The second-order valence-electron chi connectivity index (χ2n) is 4.11. The van der Waals surface area contributed by atoms with Crippen LogP contribution in [0.3, 0.4) is 0 Å². The first-order valence-corrected chi connectivity index (χ1v) is 3.92. The van der Waals surface area contributed by atoms with Crippen LogP contribution in [-0.4, -0.2) is 28.1 Å². The first-order valence-electron chi connectivity index (χ1n) is 3.92. The van der Waals surface area contributed by atoms with Gasteiger partial charge in [0.15, 0.2) is 0 Å². The summed E-state index contributed by atoms with van der Waals surface area (Å²) in [6.45, 7) is 5.83. The molecule has 5 heteroatoms. The molecule has 76 valence electrons. The summed E-state index contributed by atoms with van der Waals surface area (Å²) in [6.07, 6.45) is 0. The van der Waals surface area contributed by atoms with E-state index in [1.165, 1.54) is 27.7 Å². The maximum atomic E-state index is 11.3. The SMILES string of the molecule is CC(C)(N)C(=O)NC(C)(C)C(=O)O. The summed E-state index contributed by atoms with van der Waals surface area (Å²) in [6, 6.07) is 0. The molecule has 0 saturated heterocycles. The number of carboxylic acids is 1. The lowest BCUT2D eigenvalue weighted by Gasteiger charge is -2.26. The molecule has 0 radical (unpaired) electrons. The molecule has 1 amide bonds. The van der Waals surface area contributed by atoms with Crippen LogP contribution in [-0.2, 0) is 9.59 Å². The minimum absolute atomic E-state index is 0.486. The van der Waals surface area contributed by atoms with Gasteiger partial charge in [0.25, 0.3) is 0 Å². The Labute approximate surface area is 77.3 Å². The predicted molar refractivity (Wildman–Crippen MR) is 48.1 cm³/mol. The number of nitrogens with one attached hydrogen (secondary N) is 1. The number of amides is 1. The second kappa shape index (κ2) is 3.33. The van der Waals surface area contributed by atoms with Gasteiger partial charge in [-0.05, 0) is 27.7 Å². The predicted octanol–water partition coefficient (Wildman–Crippen LogP) is -0.297. The van der Waals surface area contributed by atoms with Gasteiger partial charge in [0.2, 0.25) is 5.91 Å². The van der Waals surface area contributed by atoms with Gasteiger partial charge in [0.1, 0.15) is 5.54 Å². The first-order chi connectivity index (χ1) is 5.57. The van der Waals surface area contributed by atoms with Crippen molar-refractivity contribution >= 4 is 11.9 Å². The van der Waals surface area contributed by atoms with Gasteiger partial charge in [-0.2, -0.15) is 0 Å². The van der Waals surface area contributed by atoms with E-state index in [0.29, 0.717) is 0 Å². The van der Waals surface area contributed by atoms with Gasteiger partial charge in [-0.25, -0.2) is 4.79 Å². The van der Waals surface area contributed by atoms with E-state index in [1.54, 1.807) is 0 Å². The highest BCUT2D eigenvalue weighted by atomic mass is 16.4. The number of aliphatic carboxylic acids is 1. The van der Waals surface area contributed by atoms with Gasteiger partial charge in [-0.15, -0.1) is 0 Å². The number of nitrogens with two attached hydrogens (primary N) is 1. The van der Waals surface area contributed by atoms with E-state index < -0.39 is 23.0 Å². The summed E-state index contributed by atoms with van der Waals surface area (Å²) in [4.78, 5) is 21.9. The van der Waals surface area contributed by atoms with Gasteiger partial charge in [0, 0.05) is 0 Å². The number of rotatable bonds is 3. The third-order valence-corrected chi connectivity index (χ3v) is 1.55. The minimum atomic E-state index is -1.28. The van der Waals surface area contributed by atoms with Crippen LogP contribution in [0.5, 0.6) is 0 Å². The highest BCUT2D eigenvalue weighted by molar-refractivity contribution is 5.90. The van der Waals surface area contributed by atoms with Crippen LogP contribution in [0.25, 0.3) is 0 Å². The highest BCUT2D eigenvalue weighted by Gasteiger charge is 2.33. The van der Waals surface area contributed by atoms with Crippen LogP contribution in [0.1, 0.15) is 27.7 Å². The maximum Gasteiger partial charge on any atom is 0.328 e. The molecule has 0 aliphatic heterocycles. The summed E-state index contributed by atoms with van der Waals surface area (Å²) in [7, 11) is 0. The fourth-order valence-corrected chi connectivity index (χ4v) is 0.498. The molecule has 0 unspecified atom stereocenters. The van der Waals surface area contributed by atoms with Gasteiger partial charge >= 0.3 is 5.97 Å². The number of carbonyl (C=O) groups is 2. The van der Waals surface area contributed by atoms with Crippen molar-refractivity contribution in [2.75, 3.05) is 0 Å². The molecular weight excluding hydrogens is 172 g/mol. The second-order valence-corrected chi connectivity index (χ2v) is 4.11. The molecule has 0 atom stereocenters. The van der Waals surface area contributed by atoms with Crippen LogP contribution in [0, 0.1) is 0 Å². The zero-order valence-corrected chi connectivity index (χ0v) is 8.34. The monoisotopic (exact) mass is 188 g/mol. The van der Waals surface area contributed by atoms with Crippen LogP contribution >= 0.6 is 0 Å². The van der Waals surface area contributed by atoms with Crippen molar-refractivity contribution in [3.8, 4) is 0 Å². The molecule has 0 heterocycles. The van der Waals surface area contributed by atoms with E-state index in [9.17, 15) is 9.59 Å². The zero-order chi connectivity index (χ0) is 10.9. The molecule has 0 spiro atoms. The summed E-state index contributed by atoms with van der Waals surface area (Å²) >= 11 is 0. The lowest BCUT2D eigenvalue weighted by molar-refractivity contribution is -0.146. The molecular formula is C8H16N2O3. The minimum Gasteiger partial charge on any atom is -0.480 e. The lowest BCUT2D eigenvalue weighted by atomic mass is 10.0. The molecule has 4 N–H and O–H groups in total. The van der Waals surface area contributed by atoms with E-state index in [2.05, 4.69) is 5.32 Å². The molecule has 0 fully saturated rings. The zero-order valence-electron chi connectivity index (χ0n) is 8.34. The van der Waals surface area contributed by atoms with Gasteiger partial charge in [-0.3, -0.25) is 4.79 Å². The van der Waals surface area contributed by atoms with E-state index >= 15 is 0 Å². The Hall–Kier alpha value is -1.10. The van der Waals surface area contributed by atoms with Crippen molar-refractivity contribution < 1.29 is 14.7 Å². The van der Waals surface area contributed by atoms with Gasteiger partial charge in [0.05, 0.1) is 5.54 Å². The molecule has 0 aliphatic carbocycles. The van der Waals surface area contributed by atoms with Gasteiger partial charge < -0.3 is 16.2 Å². The molecule has 0 aromatic rings. The van der Waals surface area contributed by atoms with Gasteiger partial charge in [-0.1, -0.05) is 0 Å². The van der Waals surface area contributed by atoms with Crippen molar-refractivity contribution in [1.29, 1.82) is 0 Å². The standard InChI is InChI=1S/C8H16N2O3/c1-7(2,9)5(11)10-8(3,4)6(12)13/h9H2,1-4H3,(H,10,11)(H,12,13). The molecule has 13 heavy (non-hydrogen) atoms. The summed E-state index contributed by atoms with van der Waals surface area (Å²) < 4.78 is 0. The Morgan fingerprint density at radius 2 is 1.62 bits per heavy atom. The van der Waals surface area contributed by atoms with Crippen molar-refractivity contribution in [3.05, 3.63) is 0 Å². The van der Waals surface area contributed by atoms with Crippen molar-refractivity contribution in [2.24, 2.45) is 5.73 Å². The van der Waals surface area contributed by atoms with Crippen molar-refractivity contribution in [1.82, 2.24) is 5.32 Å². The van der Waals surface area contributed by atoms with Crippen LogP contribution in [0.2, 0.25) is 0 Å². The molecule has 0 aromatic heterocycles. The number of hydrogen-bond donors (Lipinski definition) is 3. The van der Waals surface area contributed by atoms with E-state index in [-0.39, 0.29) is 0 Å². The highest BCUT2D eigenvalue weighted by Crippen LogP contribution is 2.05. The van der Waals surface area contributed by atoms with Crippen molar-refractivity contribution in [3.63, 3.8) is 0 Å². The smallest absolute Gasteiger partial charge is 0.328 e. The topological polar surface area (TPSA) is 92.4 Å². The van der Waals surface area contributed by atoms with E-state index in [4.69, 9.17) is 10.8 Å². The largest absolute Gasteiger partial charge is 0.480 e. The fraction of sp³-hybridized carbons (Fsp3) is 0.750. The normalized spacial score (nSPS) is 12.4. The molecule has 0 aromatic carbocycles. The number of carboxylic acid groups (broad SMARTS) is 1. The molecule has 0 saturated carbocycles. The van der Waals surface area contributed by atoms with Crippen molar-refractivity contribution in [2.45, 2.75) is 38.8 Å². The van der Waals surface area contributed by atoms with Crippen LogP contribution < -0.4 is 11.1 Å². The summed E-state index contributed by atoms with van der Waals surface area (Å²) in [5.74, 6) is -1.58. The molecule has 0 aliphatic rings. The van der Waals surface area contributed by atoms with E-state index in [0.717, 1.165) is 0 Å². The Morgan fingerprint density at radius 1 is 1.23 bits per heavy atom. The fourth-order valence-electron chi connectivity index (χ4n) is 0.498. The average molecular weight is 188 g/mol. The Kier molecular flexibility index (Phi) is 3.05. The maximum absolute atomic E-state index is 11.3. The summed E-state index contributed by atoms with van der Waals surface area (Å²) in [5, 5.41) is 11.0. The Morgan fingerprint density at radius 3 is 1.85 bits per heavy atom. The molecule has 0 bridgehead atoms.